The van der Waals surface area contributed by atoms with Gasteiger partial charge in [0.25, 0.3) is 0 Å². The quantitative estimate of drug-likeness (QED) is 0.141. The summed E-state index contributed by atoms with van der Waals surface area (Å²) in [5, 5.41) is 4.91. The molecule has 0 unspecified atom stereocenters. The molecule has 0 fully saturated rings. The van der Waals surface area contributed by atoms with E-state index in [2.05, 4.69) is 266 Å². The van der Waals surface area contributed by atoms with Crippen LogP contribution in [0.1, 0.15) is 0 Å². The zero-order chi connectivity index (χ0) is 42.0. The molecule has 0 spiro atoms. The summed E-state index contributed by atoms with van der Waals surface area (Å²) in [7, 11) is 0. The van der Waals surface area contributed by atoms with Crippen LogP contribution in [0.2, 0.25) is 0 Å². The fourth-order valence-corrected chi connectivity index (χ4v) is 9.16. The van der Waals surface area contributed by atoms with Crippen molar-refractivity contribution in [2.75, 3.05) is 4.90 Å². The zero-order valence-corrected chi connectivity index (χ0v) is 34.8. The lowest BCUT2D eigenvalue weighted by Gasteiger charge is -2.29. The molecule has 0 bridgehead atoms. The lowest BCUT2D eigenvalue weighted by molar-refractivity contribution is 1.28. The Morgan fingerprint density at radius 1 is 0.206 bits per heavy atom. The Balaban J connectivity index is 1.10. The van der Waals surface area contributed by atoms with Gasteiger partial charge < -0.3 is 4.90 Å². The van der Waals surface area contributed by atoms with E-state index < -0.39 is 0 Å². The number of fused-ring (bicyclic) bond motifs is 2. The van der Waals surface area contributed by atoms with Crippen molar-refractivity contribution in [1.82, 2.24) is 0 Å². The van der Waals surface area contributed by atoms with Gasteiger partial charge in [0, 0.05) is 16.9 Å². The van der Waals surface area contributed by atoms with Gasteiger partial charge in [0.05, 0.1) is 5.69 Å². The van der Waals surface area contributed by atoms with E-state index in [4.69, 9.17) is 0 Å². The van der Waals surface area contributed by atoms with Gasteiger partial charge in [-0.2, -0.15) is 0 Å². The molecule has 0 saturated heterocycles. The topological polar surface area (TPSA) is 3.24 Å². The molecule has 11 aromatic rings. The lowest BCUT2D eigenvalue weighted by atomic mass is 9.91. The van der Waals surface area contributed by atoms with Gasteiger partial charge in [-0.3, -0.25) is 0 Å². The summed E-state index contributed by atoms with van der Waals surface area (Å²) >= 11 is 0. The SMILES string of the molecule is c1ccc(-c2ccc(N(c3ccc(-c4ccc(-c5ccccc5)c(-c5ccccc5)c4)cc3)c3cc(-c4cccc5ccccc45)ccc3-c3cccc4ccccc34)cc2)cc1. The molecule has 0 amide bonds. The molecule has 1 heteroatoms. The van der Waals surface area contributed by atoms with Crippen LogP contribution in [0.3, 0.4) is 0 Å². The molecule has 1 nitrogen and oxygen atoms in total. The highest BCUT2D eigenvalue weighted by Crippen LogP contribution is 2.46. The number of hydrogen-bond donors (Lipinski definition) is 0. The van der Waals surface area contributed by atoms with Crippen molar-refractivity contribution in [3.63, 3.8) is 0 Å². The highest BCUT2D eigenvalue weighted by atomic mass is 15.1. The molecular formula is C62H43N. The zero-order valence-electron chi connectivity index (χ0n) is 34.8. The predicted molar refractivity (Wildman–Crippen MR) is 269 cm³/mol. The first kappa shape index (κ1) is 37.7. The first-order valence-corrected chi connectivity index (χ1v) is 21.7. The highest BCUT2D eigenvalue weighted by Gasteiger charge is 2.21. The number of nitrogens with zero attached hydrogens (tertiary/aromatic N) is 1. The molecule has 11 rings (SSSR count). The molecule has 296 valence electrons. The third-order valence-corrected chi connectivity index (χ3v) is 12.3. The highest BCUT2D eigenvalue weighted by molar-refractivity contribution is 6.04. The largest absolute Gasteiger partial charge is 0.310 e. The second-order valence-corrected chi connectivity index (χ2v) is 16.1. The number of hydrogen-bond acceptors (Lipinski definition) is 1. The van der Waals surface area contributed by atoms with E-state index in [0.29, 0.717) is 0 Å². The maximum Gasteiger partial charge on any atom is 0.0546 e. The minimum atomic E-state index is 1.08. The standard InChI is InChI=1S/C62H43N/c1-4-16-44(17-5-1)45-30-36-53(37-31-45)63(54-38-32-46(33-39-54)51-34-40-58(47-18-6-2-7-19-47)61(42-51)50-20-8-3-9-21-50)62-43-52(57-28-14-24-48-22-10-12-26-55(48)57)35-41-60(62)59-29-15-25-49-23-11-13-27-56(49)59/h1-43H. The van der Waals surface area contributed by atoms with Crippen LogP contribution in [-0.2, 0) is 0 Å². The molecule has 0 heterocycles. The van der Waals surface area contributed by atoms with E-state index in [1.807, 2.05) is 0 Å². The average Bonchev–Trinajstić information content (AvgIpc) is 3.37. The minimum absolute atomic E-state index is 1.08. The van der Waals surface area contributed by atoms with E-state index in [9.17, 15) is 0 Å². The molecule has 0 aliphatic rings. The molecule has 0 atom stereocenters. The van der Waals surface area contributed by atoms with E-state index in [-0.39, 0.29) is 0 Å². The number of rotatable bonds is 9. The van der Waals surface area contributed by atoms with E-state index in [1.54, 1.807) is 0 Å². The Bertz CT molecular complexity index is 3340. The van der Waals surface area contributed by atoms with Gasteiger partial charge in [0.15, 0.2) is 0 Å². The van der Waals surface area contributed by atoms with Crippen molar-refractivity contribution in [1.29, 1.82) is 0 Å². The molecule has 0 saturated carbocycles. The Kier molecular flexibility index (Phi) is 9.97. The van der Waals surface area contributed by atoms with E-state index in [0.717, 1.165) is 28.2 Å². The van der Waals surface area contributed by atoms with Crippen LogP contribution in [0.15, 0.2) is 261 Å². The fourth-order valence-electron chi connectivity index (χ4n) is 9.16. The maximum atomic E-state index is 2.44. The molecule has 63 heavy (non-hydrogen) atoms. The molecule has 0 radical (unpaired) electrons. The van der Waals surface area contributed by atoms with Crippen LogP contribution in [0.25, 0.3) is 88.3 Å². The second-order valence-electron chi connectivity index (χ2n) is 16.1. The van der Waals surface area contributed by atoms with Crippen LogP contribution in [-0.4, -0.2) is 0 Å². The van der Waals surface area contributed by atoms with Crippen LogP contribution in [0.5, 0.6) is 0 Å². The Morgan fingerprint density at radius 2 is 0.619 bits per heavy atom. The molecule has 0 N–H and O–H groups in total. The Labute approximate surface area is 369 Å². The Morgan fingerprint density at radius 3 is 1.22 bits per heavy atom. The normalized spacial score (nSPS) is 11.2. The van der Waals surface area contributed by atoms with Gasteiger partial charge in [0.2, 0.25) is 0 Å². The van der Waals surface area contributed by atoms with Crippen LogP contribution in [0, 0.1) is 0 Å². The summed E-state index contributed by atoms with van der Waals surface area (Å²) in [4.78, 5) is 2.44. The third-order valence-electron chi connectivity index (χ3n) is 12.3. The number of anilines is 3. The molecular weight excluding hydrogens is 759 g/mol. The molecule has 0 aliphatic heterocycles. The predicted octanol–water partition coefficient (Wildman–Crippen LogP) is 17.5. The second kappa shape index (κ2) is 16.7. The van der Waals surface area contributed by atoms with Crippen LogP contribution < -0.4 is 4.90 Å². The summed E-state index contributed by atoms with van der Waals surface area (Å²) in [6.07, 6.45) is 0. The van der Waals surface area contributed by atoms with Crippen molar-refractivity contribution < 1.29 is 0 Å². The smallest absolute Gasteiger partial charge is 0.0546 e. The monoisotopic (exact) mass is 801 g/mol. The van der Waals surface area contributed by atoms with Gasteiger partial charge in [-0.25, -0.2) is 0 Å². The third kappa shape index (κ3) is 7.37. The first-order valence-electron chi connectivity index (χ1n) is 21.7. The van der Waals surface area contributed by atoms with Crippen molar-refractivity contribution >= 4 is 38.6 Å². The van der Waals surface area contributed by atoms with Gasteiger partial charge in [0.1, 0.15) is 0 Å². The summed E-state index contributed by atoms with van der Waals surface area (Å²) in [6.45, 7) is 0. The number of benzene rings is 11. The minimum Gasteiger partial charge on any atom is -0.310 e. The summed E-state index contributed by atoms with van der Waals surface area (Å²) < 4.78 is 0. The van der Waals surface area contributed by atoms with Gasteiger partial charge in [-0.1, -0.05) is 224 Å². The molecule has 0 aromatic heterocycles. The summed E-state index contributed by atoms with van der Waals surface area (Å²) in [5.74, 6) is 0. The van der Waals surface area contributed by atoms with Gasteiger partial charge >= 0.3 is 0 Å². The van der Waals surface area contributed by atoms with Crippen LogP contribution in [0.4, 0.5) is 17.1 Å². The van der Waals surface area contributed by atoms with E-state index >= 15 is 0 Å². The van der Waals surface area contributed by atoms with E-state index in [1.165, 1.54) is 77.2 Å². The average molecular weight is 802 g/mol. The van der Waals surface area contributed by atoms with Crippen molar-refractivity contribution in [2.24, 2.45) is 0 Å². The van der Waals surface area contributed by atoms with Crippen molar-refractivity contribution in [2.45, 2.75) is 0 Å². The van der Waals surface area contributed by atoms with Gasteiger partial charge in [-0.15, -0.1) is 0 Å². The maximum absolute atomic E-state index is 2.44. The fraction of sp³-hybridized carbons (Fsp3) is 0. The van der Waals surface area contributed by atoms with Crippen LogP contribution >= 0.6 is 0 Å². The summed E-state index contributed by atoms with van der Waals surface area (Å²) in [5.41, 5.74) is 17.6. The molecule has 11 aromatic carbocycles. The van der Waals surface area contributed by atoms with Crippen molar-refractivity contribution in [3.05, 3.63) is 261 Å². The lowest BCUT2D eigenvalue weighted by Crippen LogP contribution is -2.11. The first-order chi connectivity index (χ1) is 31.2. The van der Waals surface area contributed by atoms with Crippen molar-refractivity contribution in [3.8, 4) is 66.8 Å². The van der Waals surface area contributed by atoms with Gasteiger partial charge in [-0.05, 0) is 119 Å². The molecule has 0 aliphatic carbocycles. The summed E-state index contributed by atoms with van der Waals surface area (Å²) in [6, 6.07) is 94.8. The Hall–Kier alpha value is -8.26.